The molecular formula is C15H19BrN4. The zero-order valence-electron chi connectivity index (χ0n) is 11.9. The highest BCUT2D eigenvalue weighted by Gasteiger charge is 2.05. The lowest BCUT2D eigenvalue weighted by Crippen LogP contribution is -2.15. The SMILES string of the molecule is CCC(C)Nc1ccnc(Nc2ccc(C)cc2Br)n1. The molecule has 1 aromatic carbocycles. The Kier molecular flexibility index (Phi) is 4.95. The Morgan fingerprint density at radius 1 is 1.30 bits per heavy atom. The van der Waals surface area contributed by atoms with E-state index in [1.807, 2.05) is 18.2 Å². The Morgan fingerprint density at radius 2 is 2.10 bits per heavy atom. The number of benzene rings is 1. The van der Waals surface area contributed by atoms with Crippen molar-refractivity contribution >= 4 is 33.4 Å². The summed E-state index contributed by atoms with van der Waals surface area (Å²) in [5, 5.41) is 6.56. The maximum atomic E-state index is 4.47. The summed E-state index contributed by atoms with van der Waals surface area (Å²) in [5.74, 6) is 1.42. The summed E-state index contributed by atoms with van der Waals surface area (Å²) in [6.07, 6.45) is 2.80. The van der Waals surface area contributed by atoms with Gasteiger partial charge in [-0.3, -0.25) is 0 Å². The molecule has 1 atom stereocenters. The highest BCUT2D eigenvalue weighted by Crippen LogP contribution is 2.25. The second-order valence-electron chi connectivity index (χ2n) is 4.83. The van der Waals surface area contributed by atoms with Crippen molar-refractivity contribution in [3.63, 3.8) is 0 Å². The van der Waals surface area contributed by atoms with Crippen molar-refractivity contribution in [2.75, 3.05) is 10.6 Å². The lowest BCUT2D eigenvalue weighted by atomic mass is 10.2. The molecule has 0 spiro atoms. The number of nitrogens with zero attached hydrogens (tertiary/aromatic N) is 2. The molecule has 1 aromatic heterocycles. The van der Waals surface area contributed by atoms with Gasteiger partial charge >= 0.3 is 0 Å². The van der Waals surface area contributed by atoms with Gasteiger partial charge in [-0.2, -0.15) is 4.98 Å². The largest absolute Gasteiger partial charge is 0.367 e. The minimum absolute atomic E-state index is 0.392. The van der Waals surface area contributed by atoms with Crippen LogP contribution in [0.2, 0.25) is 0 Å². The van der Waals surface area contributed by atoms with Gasteiger partial charge < -0.3 is 10.6 Å². The molecule has 0 aliphatic heterocycles. The van der Waals surface area contributed by atoms with Crippen molar-refractivity contribution in [2.24, 2.45) is 0 Å². The third kappa shape index (κ3) is 3.93. The van der Waals surface area contributed by atoms with Crippen LogP contribution in [0, 0.1) is 6.92 Å². The zero-order valence-corrected chi connectivity index (χ0v) is 13.5. The summed E-state index contributed by atoms with van der Waals surface area (Å²) < 4.78 is 1.00. The zero-order chi connectivity index (χ0) is 14.5. The maximum absolute atomic E-state index is 4.47. The number of halogens is 1. The van der Waals surface area contributed by atoms with E-state index in [4.69, 9.17) is 0 Å². The molecule has 2 N–H and O–H groups in total. The molecule has 0 amide bonds. The number of aromatic nitrogens is 2. The minimum Gasteiger partial charge on any atom is -0.367 e. The standard InChI is InChI=1S/C15H19BrN4/c1-4-11(3)18-14-7-8-17-15(20-14)19-13-6-5-10(2)9-12(13)16/h5-9,11H,4H2,1-3H3,(H2,17,18,19,20). The minimum atomic E-state index is 0.392. The van der Waals surface area contributed by atoms with Crippen LogP contribution in [-0.2, 0) is 0 Å². The van der Waals surface area contributed by atoms with E-state index in [-0.39, 0.29) is 0 Å². The van der Waals surface area contributed by atoms with Crippen molar-refractivity contribution in [2.45, 2.75) is 33.2 Å². The van der Waals surface area contributed by atoms with Crippen LogP contribution >= 0.6 is 15.9 Å². The van der Waals surface area contributed by atoms with E-state index < -0.39 is 0 Å². The molecular weight excluding hydrogens is 316 g/mol. The van der Waals surface area contributed by atoms with E-state index in [2.05, 4.69) is 63.4 Å². The molecule has 0 bridgehead atoms. The molecule has 5 heteroatoms. The summed E-state index contributed by atoms with van der Waals surface area (Å²) in [7, 11) is 0. The third-order valence-electron chi connectivity index (χ3n) is 3.03. The van der Waals surface area contributed by atoms with Crippen LogP contribution in [0.25, 0.3) is 0 Å². The van der Waals surface area contributed by atoms with E-state index >= 15 is 0 Å². The Bertz CT molecular complexity index is 586. The second kappa shape index (κ2) is 6.70. The van der Waals surface area contributed by atoms with Gasteiger partial charge in [0.15, 0.2) is 0 Å². The average Bonchev–Trinajstić information content (AvgIpc) is 2.42. The fourth-order valence-corrected chi connectivity index (χ4v) is 2.29. The third-order valence-corrected chi connectivity index (χ3v) is 3.69. The predicted molar refractivity (Wildman–Crippen MR) is 87.6 cm³/mol. The topological polar surface area (TPSA) is 49.8 Å². The highest BCUT2D eigenvalue weighted by molar-refractivity contribution is 9.10. The van der Waals surface area contributed by atoms with Gasteiger partial charge in [-0.15, -0.1) is 0 Å². The molecule has 0 aliphatic rings. The number of hydrogen-bond donors (Lipinski definition) is 2. The molecule has 4 nitrogen and oxygen atoms in total. The van der Waals surface area contributed by atoms with Crippen molar-refractivity contribution in [3.05, 3.63) is 40.5 Å². The van der Waals surface area contributed by atoms with E-state index in [0.717, 1.165) is 22.4 Å². The summed E-state index contributed by atoms with van der Waals surface area (Å²) in [5.41, 5.74) is 2.16. The Hall–Kier alpha value is -1.62. The van der Waals surface area contributed by atoms with Gasteiger partial charge in [-0.1, -0.05) is 13.0 Å². The summed E-state index contributed by atoms with van der Waals surface area (Å²) in [4.78, 5) is 8.71. The van der Waals surface area contributed by atoms with Crippen LogP contribution in [0.15, 0.2) is 34.9 Å². The van der Waals surface area contributed by atoms with Gasteiger partial charge in [0.25, 0.3) is 0 Å². The first-order valence-electron chi connectivity index (χ1n) is 6.71. The van der Waals surface area contributed by atoms with Crippen LogP contribution < -0.4 is 10.6 Å². The van der Waals surface area contributed by atoms with Gasteiger partial charge in [-0.05, 0) is 60.0 Å². The Balaban J connectivity index is 2.15. The van der Waals surface area contributed by atoms with Gasteiger partial charge in [0.1, 0.15) is 5.82 Å². The summed E-state index contributed by atoms with van der Waals surface area (Å²) in [6, 6.07) is 8.39. The van der Waals surface area contributed by atoms with Crippen LogP contribution in [-0.4, -0.2) is 16.0 Å². The second-order valence-corrected chi connectivity index (χ2v) is 5.68. The van der Waals surface area contributed by atoms with Gasteiger partial charge in [0.2, 0.25) is 5.95 Å². The van der Waals surface area contributed by atoms with Crippen molar-refractivity contribution in [1.82, 2.24) is 9.97 Å². The number of aryl methyl sites for hydroxylation is 1. The molecule has 0 radical (unpaired) electrons. The first kappa shape index (κ1) is 14.8. The number of rotatable bonds is 5. The highest BCUT2D eigenvalue weighted by atomic mass is 79.9. The molecule has 0 fully saturated rings. The molecule has 1 unspecified atom stereocenters. The predicted octanol–water partition coefficient (Wildman–Crippen LogP) is 4.50. The normalized spacial score (nSPS) is 12.0. The molecule has 20 heavy (non-hydrogen) atoms. The quantitative estimate of drug-likeness (QED) is 0.845. The van der Waals surface area contributed by atoms with Gasteiger partial charge in [-0.25, -0.2) is 4.98 Å². The fourth-order valence-electron chi connectivity index (χ4n) is 1.70. The van der Waals surface area contributed by atoms with E-state index in [1.54, 1.807) is 6.20 Å². The van der Waals surface area contributed by atoms with Crippen LogP contribution in [0.4, 0.5) is 17.5 Å². The van der Waals surface area contributed by atoms with E-state index in [1.165, 1.54) is 5.56 Å². The lowest BCUT2D eigenvalue weighted by Gasteiger charge is -2.13. The smallest absolute Gasteiger partial charge is 0.229 e. The first-order chi connectivity index (χ1) is 9.58. The van der Waals surface area contributed by atoms with Crippen molar-refractivity contribution in [1.29, 1.82) is 0 Å². The van der Waals surface area contributed by atoms with Crippen molar-refractivity contribution < 1.29 is 0 Å². The number of hydrogen-bond acceptors (Lipinski definition) is 4. The van der Waals surface area contributed by atoms with Gasteiger partial charge in [0, 0.05) is 16.7 Å². The summed E-state index contributed by atoms with van der Waals surface area (Å²) in [6.45, 7) is 6.33. The first-order valence-corrected chi connectivity index (χ1v) is 7.50. The Labute approximate surface area is 128 Å². The maximum Gasteiger partial charge on any atom is 0.229 e. The van der Waals surface area contributed by atoms with E-state index in [0.29, 0.717) is 12.0 Å². The molecule has 0 saturated heterocycles. The fraction of sp³-hybridized carbons (Fsp3) is 0.333. The molecule has 106 valence electrons. The summed E-state index contributed by atoms with van der Waals surface area (Å²) >= 11 is 3.54. The monoisotopic (exact) mass is 334 g/mol. The molecule has 0 aliphatic carbocycles. The molecule has 1 heterocycles. The number of nitrogens with one attached hydrogen (secondary N) is 2. The molecule has 2 aromatic rings. The number of anilines is 3. The lowest BCUT2D eigenvalue weighted by molar-refractivity contribution is 0.758. The Morgan fingerprint density at radius 3 is 2.80 bits per heavy atom. The van der Waals surface area contributed by atoms with E-state index in [9.17, 15) is 0 Å². The van der Waals surface area contributed by atoms with Crippen LogP contribution in [0.3, 0.4) is 0 Å². The van der Waals surface area contributed by atoms with Crippen LogP contribution in [0.1, 0.15) is 25.8 Å². The van der Waals surface area contributed by atoms with Gasteiger partial charge in [0.05, 0.1) is 5.69 Å². The molecule has 0 saturated carbocycles. The molecule has 2 rings (SSSR count). The average molecular weight is 335 g/mol. The van der Waals surface area contributed by atoms with Crippen LogP contribution in [0.5, 0.6) is 0 Å². The van der Waals surface area contributed by atoms with Crippen molar-refractivity contribution in [3.8, 4) is 0 Å².